The van der Waals surface area contributed by atoms with E-state index >= 15 is 0 Å². The third-order valence-electron chi connectivity index (χ3n) is 3.45. The summed E-state index contributed by atoms with van der Waals surface area (Å²) in [6.45, 7) is 4.05. The van der Waals surface area contributed by atoms with Crippen LogP contribution in [0.3, 0.4) is 0 Å². The zero-order valence-electron chi connectivity index (χ0n) is 12.3. The first kappa shape index (κ1) is 16.1. The van der Waals surface area contributed by atoms with E-state index in [-0.39, 0.29) is 18.9 Å². The van der Waals surface area contributed by atoms with Gasteiger partial charge in [0.15, 0.2) is 0 Å². The third kappa shape index (κ3) is 3.33. The van der Waals surface area contributed by atoms with E-state index in [0.717, 1.165) is 16.6 Å². The Morgan fingerprint density at radius 1 is 1.38 bits per heavy atom. The molecule has 0 atom stereocenters. The Kier molecular flexibility index (Phi) is 4.81. The molecule has 0 bridgehead atoms. The van der Waals surface area contributed by atoms with Crippen LogP contribution in [0, 0.1) is 6.92 Å². The van der Waals surface area contributed by atoms with Gasteiger partial charge in [0.05, 0.1) is 16.3 Å². The minimum atomic E-state index is -3.18. The molecule has 5 nitrogen and oxygen atoms in total. The minimum absolute atomic E-state index is 0.0647. The van der Waals surface area contributed by atoms with Crippen molar-refractivity contribution >= 4 is 32.5 Å². The van der Waals surface area contributed by atoms with Gasteiger partial charge in [-0.1, -0.05) is 23.7 Å². The number of nitrogens with zero attached hydrogens (tertiary/aromatic N) is 1. The number of benzene rings is 1. The van der Waals surface area contributed by atoms with Gasteiger partial charge in [0.2, 0.25) is 10.0 Å². The van der Waals surface area contributed by atoms with Crippen molar-refractivity contribution in [3.8, 4) is 5.75 Å². The molecule has 0 aliphatic carbocycles. The number of halogens is 1. The molecule has 116 valence electrons. The van der Waals surface area contributed by atoms with Crippen LogP contribution >= 0.6 is 11.6 Å². The van der Waals surface area contributed by atoms with E-state index in [2.05, 4.69) is 4.72 Å². The Hall–Kier alpha value is -1.24. The van der Waals surface area contributed by atoms with Crippen molar-refractivity contribution in [3.63, 3.8) is 0 Å². The fourth-order valence-electron chi connectivity index (χ4n) is 2.13. The first-order valence-corrected chi connectivity index (χ1v) is 8.74. The fraction of sp³-hybridized carbons (Fsp3) is 0.429. The molecule has 0 saturated heterocycles. The topological polar surface area (TPSA) is 60.3 Å². The molecular weight excluding hydrogens is 312 g/mol. The van der Waals surface area contributed by atoms with Crippen molar-refractivity contribution in [2.24, 2.45) is 7.05 Å². The molecule has 1 aromatic carbocycles. The maximum Gasteiger partial charge on any atom is 0.211 e. The molecule has 0 aliphatic rings. The first-order valence-electron chi connectivity index (χ1n) is 6.71. The Labute approximate surface area is 129 Å². The average Bonchev–Trinajstić information content (AvgIpc) is 2.69. The van der Waals surface area contributed by atoms with Gasteiger partial charge >= 0.3 is 0 Å². The number of para-hydroxylation sites is 1. The Morgan fingerprint density at radius 2 is 2.10 bits per heavy atom. The number of rotatable bonds is 6. The van der Waals surface area contributed by atoms with Gasteiger partial charge in [-0.2, -0.15) is 0 Å². The lowest BCUT2D eigenvalue weighted by atomic mass is 10.2. The van der Waals surface area contributed by atoms with Crippen LogP contribution in [0.1, 0.15) is 12.6 Å². The molecule has 2 rings (SSSR count). The highest BCUT2D eigenvalue weighted by Crippen LogP contribution is 2.34. The molecule has 0 spiro atoms. The Bertz CT molecular complexity index is 753. The maximum absolute atomic E-state index is 11.3. The highest BCUT2D eigenvalue weighted by molar-refractivity contribution is 7.89. The number of aryl methyl sites for hydroxylation is 1. The van der Waals surface area contributed by atoms with Crippen molar-refractivity contribution < 1.29 is 13.2 Å². The van der Waals surface area contributed by atoms with Gasteiger partial charge in [-0.25, -0.2) is 13.1 Å². The number of hydrogen-bond acceptors (Lipinski definition) is 3. The van der Waals surface area contributed by atoms with E-state index in [1.165, 1.54) is 0 Å². The predicted octanol–water partition coefficient (Wildman–Crippen LogP) is 2.46. The summed E-state index contributed by atoms with van der Waals surface area (Å²) in [5.74, 6) is 0.760. The summed E-state index contributed by atoms with van der Waals surface area (Å²) in [5.41, 5.74) is 1.88. The molecular formula is C14H19ClN2O3S. The largest absolute Gasteiger partial charge is 0.490 e. The van der Waals surface area contributed by atoms with Crippen LogP contribution in [0.25, 0.3) is 10.9 Å². The highest BCUT2D eigenvalue weighted by Gasteiger charge is 2.14. The van der Waals surface area contributed by atoms with Gasteiger partial charge in [0.25, 0.3) is 0 Å². The average molecular weight is 331 g/mol. The summed E-state index contributed by atoms with van der Waals surface area (Å²) in [6.07, 6.45) is 0. The van der Waals surface area contributed by atoms with Gasteiger partial charge in [0, 0.05) is 24.7 Å². The van der Waals surface area contributed by atoms with E-state index < -0.39 is 10.0 Å². The van der Waals surface area contributed by atoms with Crippen LogP contribution in [0.2, 0.25) is 5.02 Å². The van der Waals surface area contributed by atoms with Gasteiger partial charge in [-0.05, 0) is 19.9 Å². The fourth-order valence-corrected chi connectivity index (χ4v) is 3.01. The first-order chi connectivity index (χ1) is 9.87. The Morgan fingerprint density at radius 3 is 2.76 bits per heavy atom. The lowest BCUT2D eigenvalue weighted by Crippen LogP contribution is -2.29. The van der Waals surface area contributed by atoms with Gasteiger partial charge in [-0.15, -0.1) is 0 Å². The van der Waals surface area contributed by atoms with Crippen LogP contribution in [-0.2, 0) is 17.1 Å². The van der Waals surface area contributed by atoms with Crippen LogP contribution < -0.4 is 9.46 Å². The van der Waals surface area contributed by atoms with Crippen molar-refractivity contribution in [1.82, 2.24) is 9.29 Å². The van der Waals surface area contributed by atoms with E-state index in [1.807, 2.05) is 36.7 Å². The summed E-state index contributed by atoms with van der Waals surface area (Å²) in [7, 11) is -1.26. The summed E-state index contributed by atoms with van der Waals surface area (Å²) in [5, 5.41) is 1.65. The van der Waals surface area contributed by atoms with Crippen LogP contribution in [-0.4, -0.2) is 31.9 Å². The smallest absolute Gasteiger partial charge is 0.211 e. The number of sulfonamides is 1. The molecule has 7 heteroatoms. The number of hydrogen-bond donors (Lipinski definition) is 1. The highest BCUT2D eigenvalue weighted by atomic mass is 35.5. The van der Waals surface area contributed by atoms with E-state index in [0.29, 0.717) is 10.8 Å². The summed E-state index contributed by atoms with van der Waals surface area (Å²) < 4.78 is 32.8. The monoisotopic (exact) mass is 330 g/mol. The zero-order valence-corrected chi connectivity index (χ0v) is 13.9. The normalized spacial score (nSPS) is 12.0. The second kappa shape index (κ2) is 6.25. The molecule has 1 N–H and O–H groups in total. The van der Waals surface area contributed by atoms with Crippen molar-refractivity contribution in [2.45, 2.75) is 13.8 Å². The minimum Gasteiger partial charge on any atom is -0.490 e. The molecule has 0 saturated carbocycles. The van der Waals surface area contributed by atoms with Crippen molar-refractivity contribution in [3.05, 3.63) is 28.9 Å². The second-order valence-electron chi connectivity index (χ2n) is 4.76. The zero-order chi connectivity index (χ0) is 15.6. The molecule has 0 aliphatic heterocycles. The molecule has 1 aromatic heterocycles. The molecule has 1 heterocycles. The van der Waals surface area contributed by atoms with Crippen LogP contribution in [0.4, 0.5) is 0 Å². The molecule has 0 unspecified atom stereocenters. The van der Waals surface area contributed by atoms with Crippen LogP contribution in [0.5, 0.6) is 5.75 Å². The van der Waals surface area contributed by atoms with Crippen LogP contribution in [0.15, 0.2) is 18.2 Å². The number of nitrogens with one attached hydrogen (secondary N) is 1. The quantitative estimate of drug-likeness (QED) is 0.828. The van der Waals surface area contributed by atoms with E-state index in [9.17, 15) is 8.42 Å². The lowest BCUT2D eigenvalue weighted by Gasteiger charge is -2.10. The summed E-state index contributed by atoms with van der Waals surface area (Å²) in [6, 6.07) is 5.67. The lowest BCUT2D eigenvalue weighted by molar-refractivity contribution is 0.325. The number of aromatic nitrogens is 1. The molecule has 0 radical (unpaired) electrons. The summed E-state index contributed by atoms with van der Waals surface area (Å²) in [4.78, 5) is 0. The summed E-state index contributed by atoms with van der Waals surface area (Å²) >= 11 is 6.29. The van der Waals surface area contributed by atoms with Gasteiger partial charge in [-0.3, -0.25) is 0 Å². The van der Waals surface area contributed by atoms with Crippen molar-refractivity contribution in [2.75, 3.05) is 18.9 Å². The Balaban J connectivity index is 2.15. The maximum atomic E-state index is 11.3. The van der Waals surface area contributed by atoms with E-state index in [1.54, 1.807) is 6.92 Å². The molecule has 0 fully saturated rings. The molecule has 0 amide bonds. The second-order valence-corrected chi connectivity index (χ2v) is 7.23. The standard InChI is InChI=1S/C14H19ClN2O3S/c1-4-21(18,19)16-8-9-20-12-7-5-6-11-13(15)10(2)17(3)14(11)12/h5-7,16H,4,8-9H2,1-3H3. The molecule has 21 heavy (non-hydrogen) atoms. The number of ether oxygens (including phenoxy) is 1. The molecule has 2 aromatic rings. The number of fused-ring (bicyclic) bond motifs is 1. The third-order valence-corrected chi connectivity index (χ3v) is 5.33. The van der Waals surface area contributed by atoms with E-state index in [4.69, 9.17) is 16.3 Å². The SMILES string of the molecule is CCS(=O)(=O)NCCOc1cccc2c(Cl)c(C)n(C)c12. The van der Waals surface area contributed by atoms with Gasteiger partial charge < -0.3 is 9.30 Å². The van der Waals surface area contributed by atoms with Crippen molar-refractivity contribution in [1.29, 1.82) is 0 Å². The predicted molar refractivity (Wildman–Crippen MR) is 85.6 cm³/mol. The van der Waals surface area contributed by atoms with Gasteiger partial charge in [0.1, 0.15) is 12.4 Å².